The van der Waals surface area contributed by atoms with E-state index >= 15 is 0 Å². The molecule has 0 aliphatic heterocycles. The molecule has 0 saturated heterocycles. The lowest BCUT2D eigenvalue weighted by molar-refractivity contribution is 1.13. The minimum atomic E-state index is 0.523. The van der Waals surface area contributed by atoms with Crippen LogP contribution in [0.4, 0.5) is 0 Å². The van der Waals surface area contributed by atoms with Crippen LogP contribution in [-0.4, -0.2) is 24.5 Å². The molecule has 0 N–H and O–H groups in total. The van der Waals surface area contributed by atoms with Crippen LogP contribution < -0.4 is 0 Å². The summed E-state index contributed by atoms with van der Waals surface area (Å²) >= 11 is 0. The Balaban J connectivity index is 1.19. The monoisotopic (exact) mass is 905 g/mol. The van der Waals surface area contributed by atoms with Crippen molar-refractivity contribution in [1.82, 2.24) is 24.5 Å². The Bertz CT molecular complexity index is 3830. The van der Waals surface area contributed by atoms with Crippen LogP contribution in [0.5, 0.6) is 0 Å². The van der Waals surface area contributed by atoms with Crippen LogP contribution >= 0.6 is 0 Å². The topological polar surface area (TPSA) is 104 Å². The first-order valence-corrected chi connectivity index (χ1v) is 23.3. The summed E-state index contributed by atoms with van der Waals surface area (Å²) in [6, 6.07) is 84.2. The van der Waals surface area contributed by atoms with Crippen molar-refractivity contribution in [3.8, 4) is 108 Å². The number of hydrogen-bond acceptors (Lipinski definition) is 6. The van der Waals surface area contributed by atoms with Crippen LogP contribution in [0.25, 0.3) is 118 Å². The van der Waals surface area contributed by atoms with Gasteiger partial charge in [-0.1, -0.05) is 188 Å². The molecule has 7 heteroatoms. The summed E-state index contributed by atoms with van der Waals surface area (Å²) in [5.74, 6) is 1.13. The molecule has 71 heavy (non-hydrogen) atoms. The lowest BCUT2D eigenvalue weighted by Gasteiger charge is -2.17. The molecule has 0 radical (unpaired) electrons. The van der Waals surface area contributed by atoms with Gasteiger partial charge >= 0.3 is 0 Å². The molecule has 12 rings (SSSR count). The smallest absolute Gasteiger partial charge is 0.162 e. The van der Waals surface area contributed by atoms with Crippen molar-refractivity contribution in [3.63, 3.8) is 0 Å². The van der Waals surface area contributed by atoms with Crippen LogP contribution in [0.2, 0.25) is 0 Å². The van der Waals surface area contributed by atoms with Gasteiger partial charge in [0, 0.05) is 44.2 Å². The van der Waals surface area contributed by atoms with E-state index in [2.05, 4.69) is 120 Å². The minimum absolute atomic E-state index is 0.523. The Morgan fingerprint density at radius 3 is 1.13 bits per heavy atom. The molecule has 0 atom stereocenters. The van der Waals surface area contributed by atoms with E-state index in [1.807, 2.05) is 133 Å². The fourth-order valence-electron chi connectivity index (χ4n) is 9.50. The second-order valence-corrected chi connectivity index (χ2v) is 17.2. The van der Waals surface area contributed by atoms with Gasteiger partial charge in [0.05, 0.1) is 62.8 Å². The summed E-state index contributed by atoms with van der Waals surface area (Å²) in [6.07, 6.45) is 0. The Morgan fingerprint density at radius 2 is 0.676 bits per heavy atom. The van der Waals surface area contributed by atoms with E-state index in [9.17, 15) is 10.5 Å². The van der Waals surface area contributed by atoms with Crippen LogP contribution in [-0.2, 0) is 0 Å². The van der Waals surface area contributed by atoms with Gasteiger partial charge in [-0.15, -0.1) is 0 Å². The molecule has 0 aliphatic rings. The lowest BCUT2D eigenvalue weighted by Crippen LogP contribution is -2.03. The molecular formula is C64H39N7. The van der Waals surface area contributed by atoms with Crippen molar-refractivity contribution in [2.45, 2.75) is 0 Å². The van der Waals surface area contributed by atoms with E-state index in [0.29, 0.717) is 22.8 Å². The predicted molar refractivity (Wildman–Crippen MR) is 285 cm³/mol. The third-order valence-electron chi connectivity index (χ3n) is 13.0. The zero-order chi connectivity index (χ0) is 47.7. The summed E-state index contributed by atoms with van der Waals surface area (Å²) in [4.78, 5) is 21.3. The summed E-state index contributed by atoms with van der Waals surface area (Å²) < 4.78 is 2.28. The highest BCUT2D eigenvalue weighted by atomic mass is 15.0. The van der Waals surface area contributed by atoms with Crippen molar-refractivity contribution in [3.05, 3.63) is 248 Å². The highest BCUT2D eigenvalue weighted by Crippen LogP contribution is 2.42. The van der Waals surface area contributed by atoms with Crippen molar-refractivity contribution < 1.29 is 0 Å². The number of rotatable bonds is 9. The van der Waals surface area contributed by atoms with Crippen molar-refractivity contribution in [2.24, 2.45) is 0 Å². The van der Waals surface area contributed by atoms with E-state index in [1.54, 1.807) is 0 Å². The van der Waals surface area contributed by atoms with Crippen molar-refractivity contribution >= 4 is 21.8 Å². The molecule has 0 saturated carbocycles. The standard InChI is InChI=1S/C64H39N7/c65-40-49-25-13-15-27-51(49)46-29-32-53-54-33-30-47(52-28-16-14-26-50(52)41-66)37-62(54)71(61(53)36-46)60-34-31-48(59-39-56(42-17-5-1-6-18-42)67-63(68-59)45-23-11-4-12-24-45)35-55(60)64-69-57(43-19-7-2-8-20-43)38-58(70-64)44-21-9-3-10-22-44/h1-39H. The van der Waals surface area contributed by atoms with Gasteiger partial charge in [-0.3, -0.25) is 0 Å². The van der Waals surface area contributed by atoms with Gasteiger partial charge in [-0.2, -0.15) is 10.5 Å². The van der Waals surface area contributed by atoms with Gasteiger partial charge in [0.1, 0.15) is 0 Å². The van der Waals surface area contributed by atoms with E-state index in [0.717, 1.165) is 106 Å². The van der Waals surface area contributed by atoms with Gasteiger partial charge in [-0.05, 0) is 70.8 Å². The Kier molecular flexibility index (Phi) is 10.8. The lowest BCUT2D eigenvalue weighted by atomic mass is 9.98. The van der Waals surface area contributed by atoms with Gasteiger partial charge in [-0.25, -0.2) is 19.9 Å². The van der Waals surface area contributed by atoms with E-state index in [1.165, 1.54) is 0 Å². The SMILES string of the molecule is N#Cc1ccccc1-c1ccc2c3ccc(-c4ccccc4C#N)cc3n(-c3ccc(-c4cc(-c5ccccc5)nc(-c5ccccc5)n4)cc3-c3nc(-c4ccccc4)cc(-c4ccccc4)n3)c2c1. The highest BCUT2D eigenvalue weighted by molar-refractivity contribution is 6.12. The molecule has 12 aromatic rings. The normalized spacial score (nSPS) is 11.1. The van der Waals surface area contributed by atoms with E-state index in [4.69, 9.17) is 19.9 Å². The van der Waals surface area contributed by atoms with E-state index < -0.39 is 0 Å². The van der Waals surface area contributed by atoms with E-state index in [-0.39, 0.29) is 0 Å². The highest BCUT2D eigenvalue weighted by Gasteiger charge is 2.23. The number of fused-ring (bicyclic) bond motifs is 3. The fourth-order valence-corrected chi connectivity index (χ4v) is 9.50. The maximum absolute atomic E-state index is 10.3. The molecule has 330 valence electrons. The zero-order valence-corrected chi connectivity index (χ0v) is 38.1. The first-order chi connectivity index (χ1) is 35.1. The van der Waals surface area contributed by atoms with Gasteiger partial charge < -0.3 is 4.57 Å². The minimum Gasteiger partial charge on any atom is -0.308 e. The second kappa shape index (κ2) is 18.2. The summed E-state index contributed by atoms with van der Waals surface area (Å²) in [6.45, 7) is 0. The Morgan fingerprint density at radius 1 is 0.296 bits per heavy atom. The molecule has 0 unspecified atom stereocenters. The Labute approximate surface area is 410 Å². The first-order valence-electron chi connectivity index (χ1n) is 23.3. The molecule has 0 bridgehead atoms. The van der Waals surface area contributed by atoms with Crippen molar-refractivity contribution in [1.29, 1.82) is 10.5 Å². The van der Waals surface area contributed by atoms with Crippen molar-refractivity contribution in [2.75, 3.05) is 0 Å². The predicted octanol–water partition coefficient (Wildman–Crippen LogP) is 15.4. The molecule has 0 amide bonds. The molecule has 7 nitrogen and oxygen atoms in total. The van der Waals surface area contributed by atoms with Gasteiger partial charge in [0.25, 0.3) is 0 Å². The maximum atomic E-state index is 10.3. The average molecular weight is 906 g/mol. The summed E-state index contributed by atoms with van der Waals surface area (Å²) in [5.41, 5.74) is 15.8. The largest absolute Gasteiger partial charge is 0.308 e. The van der Waals surface area contributed by atoms with Gasteiger partial charge in [0.2, 0.25) is 0 Å². The number of aromatic nitrogens is 5. The average Bonchev–Trinajstić information content (AvgIpc) is 3.78. The number of hydrogen-bond donors (Lipinski definition) is 0. The first kappa shape index (κ1) is 42.3. The van der Waals surface area contributed by atoms with Crippen LogP contribution in [0, 0.1) is 22.7 Å². The molecular weight excluding hydrogens is 867 g/mol. The third kappa shape index (κ3) is 7.96. The number of benzene rings is 9. The van der Waals surface area contributed by atoms with Crippen LogP contribution in [0.3, 0.4) is 0 Å². The molecule has 3 aromatic heterocycles. The summed E-state index contributed by atoms with van der Waals surface area (Å²) in [7, 11) is 0. The molecule has 0 fully saturated rings. The number of nitriles is 2. The second-order valence-electron chi connectivity index (χ2n) is 17.2. The van der Waals surface area contributed by atoms with Crippen LogP contribution in [0.15, 0.2) is 237 Å². The fraction of sp³-hybridized carbons (Fsp3) is 0. The quantitative estimate of drug-likeness (QED) is 0.143. The molecule has 0 aliphatic carbocycles. The molecule has 9 aromatic carbocycles. The Hall–Kier alpha value is -10.1. The number of nitrogens with zero attached hydrogens (tertiary/aromatic N) is 7. The zero-order valence-electron chi connectivity index (χ0n) is 38.1. The molecule has 0 spiro atoms. The summed E-state index contributed by atoms with van der Waals surface area (Å²) in [5, 5.41) is 22.6. The van der Waals surface area contributed by atoms with Crippen LogP contribution in [0.1, 0.15) is 11.1 Å². The molecule has 3 heterocycles. The third-order valence-corrected chi connectivity index (χ3v) is 13.0. The van der Waals surface area contributed by atoms with Gasteiger partial charge in [0.15, 0.2) is 11.6 Å². The maximum Gasteiger partial charge on any atom is 0.162 e.